The second-order valence-electron chi connectivity index (χ2n) is 7.80. The summed E-state index contributed by atoms with van der Waals surface area (Å²) in [5, 5.41) is 6.83. The Labute approximate surface area is 225 Å². The Morgan fingerprint density at radius 1 is 0.895 bits per heavy atom. The summed E-state index contributed by atoms with van der Waals surface area (Å²) in [7, 11) is -3.26. The molecule has 0 aliphatic carbocycles. The van der Waals surface area contributed by atoms with Gasteiger partial charge in [-0.1, -0.05) is 19.0 Å². The standard InChI is InChI=1S/C24H32F3N3O6S2/c1-3-16-37-35-29-22(24(25,26)27)18-6-10-20(11-7-18)33-14-5-15-34-21-12-8-19(9-13-21)23(28)30-36-38(31,32)17-4-2/h6-13,31-32H,3-5,14-17H2,1-2H3,(H2,28,30)/b29-22-. The van der Waals surface area contributed by atoms with Gasteiger partial charge in [0.25, 0.3) is 0 Å². The number of hydrogen-bond acceptors (Lipinski definition) is 9. The molecule has 212 valence electrons. The monoisotopic (exact) mass is 579 g/mol. The molecule has 38 heavy (non-hydrogen) atoms. The van der Waals surface area contributed by atoms with E-state index in [9.17, 15) is 22.3 Å². The van der Waals surface area contributed by atoms with E-state index in [0.29, 0.717) is 42.3 Å². The maximum absolute atomic E-state index is 13.3. The van der Waals surface area contributed by atoms with Crippen LogP contribution < -0.4 is 15.2 Å². The van der Waals surface area contributed by atoms with Crippen LogP contribution in [0.3, 0.4) is 0 Å². The second kappa shape index (κ2) is 15.6. The van der Waals surface area contributed by atoms with Gasteiger partial charge in [-0.25, -0.2) is 0 Å². The lowest BCUT2D eigenvalue weighted by Gasteiger charge is -2.22. The molecule has 2 rings (SSSR count). The van der Waals surface area contributed by atoms with E-state index in [2.05, 4.69) is 10.3 Å². The first-order chi connectivity index (χ1) is 18.1. The summed E-state index contributed by atoms with van der Waals surface area (Å²) in [6.07, 6.45) is -2.86. The molecule has 14 heteroatoms. The van der Waals surface area contributed by atoms with Crippen molar-refractivity contribution in [2.75, 3.05) is 24.7 Å². The minimum Gasteiger partial charge on any atom is -0.493 e. The number of amidine groups is 1. The minimum atomic E-state index is -4.66. The molecular formula is C24H32F3N3O6S2. The number of alkyl halides is 3. The number of oxime groups is 2. The molecule has 2 aromatic rings. The molecule has 9 nitrogen and oxygen atoms in total. The number of hydrogen-bond donors (Lipinski definition) is 3. The Balaban J connectivity index is 1.79. The summed E-state index contributed by atoms with van der Waals surface area (Å²) in [5.41, 5.74) is 5.09. The topological polar surface area (TPSA) is 128 Å². The fourth-order valence-corrected chi connectivity index (χ4v) is 3.95. The second-order valence-corrected chi connectivity index (χ2v) is 10.4. The lowest BCUT2D eigenvalue weighted by molar-refractivity contribution is -0.0596. The van der Waals surface area contributed by atoms with Gasteiger partial charge >= 0.3 is 6.18 Å². The number of benzene rings is 2. The van der Waals surface area contributed by atoms with Gasteiger partial charge in [0, 0.05) is 23.3 Å². The van der Waals surface area contributed by atoms with E-state index < -0.39 is 22.8 Å². The zero-order valence-corrected chi connectivity index (χ0v) is 22.7. The van der Waals surface area contributed by atoms with Gasteiger partial charge in [-0.05, 0) is 66.5 Å². The third kappa shape index (κ3) is 11.3. The Kier molecular flexibility index (Phi) is 12.9. The zero-order chi connectivity index (χ0) is 28.0. The van der Waals surface area contributed by atoms with Crippen LogP contribution >= 0.6 is 22.9 Å². The van der Waals surface area contributed by atoms with Gasteiger partial charge in [0.15, 0.2) is 22.4 Å². The molecule has 0 fully saturated rings. The van der Waals surface area contributed by atoms with Crippen molar-refractivity contribution in [3.8, 4) is 11.5 Å². The lowest BCUT2D eigenvalue weighted by atomic mass is 10.1. The van der Waals surface area contributed by atoms with Crippen LogP contribution in [-0.4, -0.2) is 51.5 Å². The zero-order valence-electron chi connectivity index (χ0n) is 21.0. The van der Waals surface area contributed by atoms with Gasteiger partial charge in [-0.15, -0.1) is 0 Å². The Bertz CT molecular complexity index is 1040. The molecule has 0 heterocycles. The van der Waals surface area contributed by atoms with Gasteiger partial charge in [0.1, 0.15) is 11.5 Å². The molecule has 0 amide bonds. The van der Waals surface area contributed by atoms with Crippen molar-refractivity contribution < 1.29 is 40.3 Å². The molecule has 0 radical (unpaired) electrons. The maximum atomic E-state index is 13.3. The highest BCUT2D eigenvalue weighted by Crippen LogP contribution is 2.40. The molecule has 0 bridgehead atoms. The molecule has 0 aromatic heterocycles. The Morgan fingerprint density at radius 2 is 1.45 bits per heavy atom. The van der Waals surface area contributed by atoms with E-state index >= 15 is 0 Å². The highest BCUT2D eigenvalue weighted by atomic mass is 32.3. The molecule has 0 saturated heterocycles. The summed E-state index contributed by atoms with van der Waals surface area (Å²) in [6, 6.07) is 12.1. The van der Waals surface area contributed by atoms with Crippen LogP contribution in [0.2, 0.25) is 0 Å². The van der Waals surface area contributed by atoms with Gasteiger partial charge in [-0.2, -0.15) is 13.2 Å². The van der Waals surface area contributed by atoms with Crippen molar-refractivity contribution in [3.63, 3.8) is 0 Å². The van der Waals surface area contributed by atoms with Gasteiger partial charge < -0.3 is 19.5 Å². The predicted octanol–water partition coefficient (Wildman–Crippen LogP) is 6.59. The molecule has 0 spiro atoms. The van der Waals surface area contributed by atoms with Crippen molar-refractivity contribution in [2.45, 2.75) is 39.3 Å². The number of ether oxygens (including phenoxy) is 2. The average molecular weight is 580 g/mol. The lowest BCUT2D eigenvalue weighted by Crippen LogP contribution is -2.24. The van der Waals surface area contributed by atoms with Gasteiger partial charge in [0.2, 0.25) is 0 Å². The summed E-state index contributed by atoms with van der Waals surface area (Å²) in [6.45, 7) is 4.29. The van der Waals surface area contributed by atoms with Crippen molar-refractivity contribution >= 4 is 34.5 Å². The SMILES string of the molecule is CCCSO/N=C(/c1ccc(OCCCOc2ccc(/C(N)=N/OS(O)(O)CCC)cc2)cc1)C(F)(F)F. The molecular weight excluding hydrogens is 547 g/mol. The number of nitrogens with two attached hydrogens (primary N) is 1. The molecule has 0 saturated carbocycles. The summed E-state index contributed by atoms with van der Waals surface area (Å²) in [4.78, 5) is 0. The molecule has 4 N–H and O–H groups in total. The first-order valence-electron chi connectivity index (χ1n) is 11.7. The first kappa shape index (κ1) is 31.4. The van der Waals surface area contributed by atoms with Crippen LogP contribution in [-0.2, 0) is 8.57 Å². The van der Waals surface area contributed by atoms with Crippen LogP contribution in [0, 0.1) is 0 Å². The van der Waals surface area contributed by atoms with Crippen molar-refractivity contribution in [2.24, 2.45) is 16.0 Å². The first-order valence-corrected chi connectivity index (χ1v) is 14.3. The number of halogens is 3. The molecule has 0 atom stereocenters. The predicted molar refractivity (Wildman–Crippen MR) is 145 cm³/mol. The fraction of sp³-hybridized carbons (Fsp3) is 0.417. The van der Waals surface area contributed by atoms with Gasteiger partial charge in [-0.3, -0.25) is 13.4 Å². The highest BCUT2D eigenvalue weighted by molar-refractivity contribution is 8.20. The van der Waals surface area contributed by atoms with Crippen LogP contribution in [0.15, 0.2) is 58.8 Å². The van der Waals surface area contributed by atoms with E-state index in [1.54, 1.807) is 31.2 Å². The Hall–Kier alpha value is -2.81. The van der Waals surface area contributed by atoms with Crippen LogP contribution in [0.1, 0.15) is 44.2 Å². The van der Waals surface area contributed by atoms with Crippen LogP contribution in [0.5, 0.6) is 11.5 Å². The van der Waals surface area contributed by atoms with E-state index in [1.165, 1.54) is 24.3 Å². The van der Waals surface area contributed by atoms with Crippen molar-refractivity contribution in [1.82, 2.24) is 0 Å². The maximum Gasteiger partial charge on any atom is 0.437 e. The average Bonchev–Trinajstić information content (AvgIpc) is 2.87. The number of nitrogens with zero attached hydrogens (tertiary/aromatic N) is 2. The molecule has 0 aliphatic rings. The fourth-order valence-electron chi connectivity index (χ4n) is 2.78. The smallest absolute Gasteiger partial charge is 0.437 e. The normalized spacial score (nSPS) is 13.2. The van der Waals surface area contributed by atoms with Crippen LogP contribution in [0.25, 0.3) is 0 Å². The minimum absolute atomic E-state index is 0.0106. The largest absolute Gasteiger partial charge is 0.493 e. The van der Waals surface area contributed by atoms with Crippen molar-refractivity contribution in [1.29, 1.82) is 0 Å². The summed E-state index contributed by atoms with van der Waals surface area (Å²) < 4.78 is 79.9. The number of rotatable bonds is 16. The third-order valence-corrected chi connectivity index (χ3v) is 6.57. The van der Waals surface area contributed by atoms with E-state index in [0.717, 1.165) is 18.5 Å². The highest BCUT2D eigenvalue weighted by Gasteiger charge is 2.38. The van der Waals surface area contributed by atoms with E-state index in [1.807, 2.05) is 6.92 Å². The molecule has 0 aliphatic heterocycles. The van der Waals surface area contributed by atoms with Crippen molar-refractivity contribution in [3.05, 3.63) is 59.7 Å². The molecule has 0 unspecified atom stereocenters. The van der Waals surface area contributed by atoms with E-state index in [-0.39, 0.29) is 23.8 Å². The van der Waals surface area contributed by atoms with Gasteiger partial charge in [0.05, 0.1) is 31.0 Å². The Morgan fingerprint density at radius 3 is 1.95 bits per heavy atom. The summed E-state index contributed by atoms with van der Waals surface area (Å²) in [5.74, 6) is 1.57. The summed E-state index contributed by atoms with van der Waals surface area (Å²) >= 11 is 0.860. The van der Waals surface area contributed by atoms with Crippen LogP contribution in [0.4, 0.5) is 13.2 Å². The van der Waals surface area contributed by atoms with E-state index in [4.69, 9.17) is 23.8 Å². The quantitative estimate of drug-likeness (QED) is 0.0668. The molecule has 2 aromatic carbocycles. The third-order valence-electron chi connectivity index (χ3n) is 4.57.